The summed E-state index contributed by atoms with van der Waals surface area (Å²) < 4.78 is 10.3. The molecule has 0 bridgehead atoms. The molecule has 1 aromatic carbocycles. The third-order valence-electron chi connectivity index (χ3n) is 5.93. The van der Waals surface area contributed by atoms with E-state index in [9.17, 15) is 19.2 Å². The van der Waals surface area contributed by atoms with Crippen molar-refractivity contribution >= 4 is 36.5 Å². The number of hydrogen-bond donors (Lipinski definition) is 3. The molecule has 3 amide bonds. The Balaban J connectivity index is 3.53. The van der Waals surface area contributed by atoms with Crippen molar-refractivity contribution in [3.63, 3.8) is 0 Å². The minimum absolute atomic E-state index is 0.00157. The maximum atomic E-state index is 14.1. The highest BCUT2D eigenvalue weighted by Gasteiger charge is 2.43. The number of nitrogens with one attached hydrogen (secondary N) is 2. The van der Waals surface area contributed by atoms with Crippen LogP contribution in [0.2, 0.25) is 0 Å². The second-order valence-corrected chi connectivity index (χ2v) is 11.3. The highest BCUT2D eigenvalue weighted by Crippen LogP contribution is 2.33. The Hall–Kier alpha value is -2.75. The Morgan fingerprint density at radius 3 is 2.05 bits per heavy atom. The van der Waals surface area contributed by atoms with E-state index in [1.54, 1.807) is 27.7 Å². The lowest BCUT2D eigenvalue weighted by atomic mass is 9.91. The van der Waals surface area contributed by atoms with E-state index in [2.05, 4.69) is 23.3 Å². The third-order valence-corrected chi connectivity index (χ3v) is 6.29. The third kappa shape index (κ3) is 10.2. The van der Waals surface area contributed by atoms with E-state index < -0.39 is 47.1 Å². The van der Waals surface area contributed by atoms with Gasteiger partial charge in [-0.05, 0) is 67.4 Å². The van der Waals surface area contributed by atoms with Crippen LogP contribution in [-0.2, 0) is 23.9 Å². The minimum Gasteiger partial charge on any atom is -0.466 e. The molecule has 9 nitrogen and oxygen atoms in total. The summed E-state index contributed by atoms with van der Waals surface area (Å²) in [6.07, 6.45) is -0.216. The first kappa shape index (κ1) is 33.3. The predicted molar refractivity (Wildman–Crippen MR) is 151 cm³/mol. The molecule has 0 radical (unpaired) electrons. The first-order valence-corrected chi connectivity index (χ1v) is 13.6. The fraction of sp³-hybridized carbons (Fsp3) is 0.643. The summed E-state index contributed by atoms with van der Waals surface area (Å²) in [7, 11) is 0. The minimum atomic E-state index is -1.04. The van der Waals surface area contributed by atoms with Crippen LogP contribution in [0.15, 0.2) is 18.2 Å². The number of aryl methyl sites for hydroxylation is 2. The van der Waals surface area contributed by atoms with Gasteiger partial charge in [0.05, 0.1) is 13.0 Å². The van der Waals surface area contributed by atoms with E-state index in [0.29, 0.717) is 12.0 Å². The number of ether oxygens (including phenoxy) is 2. The van der Waals surface area contributed by atoms with Gasteiger partial charge in [-0.1, -0.05) is 36.2 Å². The zero-order chi connectivity index (χ0) is 29.3. The van der Waals surface area contributed by atoms with Gasteiger partial charge >= 0.3 is 12.1 Å². The molecule has 2 atom stereocenters. The quantitative estimate of drug-likeness (QED) is 0.264. The Bertz CT molecular complexity index is 969. The van der Waals surface area contributed by atoms with E-state index in [0.717, 1.165) is 11.1 Å². The number of amides is 3. The number of benzene rings is 1. The molecular formula is C28H45N3O6S. The molecule has 38 heavy (non-hydrogen) atoms. The van der Waals surface area contributed by atoms with Gasteiger partial charge in [-0.25, -0.2) is 4.79 Å². The number of rotatable bonds is 12. The lowest BCUT2D eigenvalue weighted by Gasteiger charge is -2.44. The Kier molecular flexibility index (Phi) is 12.6. The normalized spacial score (nSPS) is 13.2. The summed E-state index contributed by atoms with van der Waals surface area (Å²) in [6.45, 7) is 16.7. The molecule has 1 aromatic rings. The Morgan fingerprint density at radius 1 is 1.00 bits per heavy atom. The fourth-order valence-electron chi connectivity index (χ4n) is 3.95. The number of alkyl carbamates (subject to hydrolysis) is 1. The summed E-state index contributed by atoms with van der Waals surface area (Å²) in [4.78, 5) is 53.7. The number of thiol groups is 1. The number of nitrogens with zero attached hydrogens (tertiary/aromatic N) is 1. The lowest BCUT2D eigenvalue weighted by molar-refractivity contribution is -0.149. The van der Waals surface area contributed by atoms with Crippen LogP contribution in [0, 0.1) is 13.8 Å². The van der Waals surface area contributed by atoms with Gasteiger partial charge in [0.2, 0.25) is 11.8 Å². The molecule has 1 rings (SSSR count). The molecule has 2 N–H and O–H groups in total. The molecule has 0 aliphatic rings. The van der Waals surface area contributed by atoms with Crippen molar-refractivity contribution in [3.8, 4) is 0 Å². The molecule has 0 saturated carbocycles. The lowest BCUT2D eigenvalue weighted by Crippen LogP contribution is -2.60. The van der Waals surface area contributed by atoms with Gasteiger partial charge < -0.3 is 25.0 Å². The second kappa shape index (κ2) is 14.4. The summed E-state index contributed by atoms with van der Waals surface area (Å²) in [6, 6.07) is 3.65. The van der Waals surface area contributed by atoms with Crippen LogP contribution < -0.4 is 10.6 Å². The van der Waals surface area contributed by atoms with Crippen LogP contribution in [0.25, 0.3) is 0 Å². The van der Waals surface area contributed by atoms with E-state index in [4.69, 9.17) is 9.47 Å². The zero-order valence-electron chi connectivity index (χ0n) is 24.3. The number of carbonyl (C=O) groups is 4. The van der Waals surface area contributed by atoms with E-state index in [1.165, 1.54) is 4.90 Å². The monoisotopic (exact) mass is 551 g/mol. The standard InChI is InChI=1S/C28H45N3O6S/c1-10-28(8,9)31(25(34)21(17-38)30-26(35)37-27(5,6)7)23(20-15-18(3)14-19(4)16-20)24(33)29-13-12-22(32)36-11-2/h14-16,21,23,38H,10-13,17H2,1-9H3,(H,29,33)(H,30,35). The molecule has 0 spiro atoms. The SMILES string of the molecule is CCOC(=O)CCNC(=O)C(c1cc(C)cc(C)c1)N(C(=O)C(CS)NC(=O)OC(C)(C)C)C(C)(C)CC. The van der Waals surface area contributed by atoms with Crippen molar-refractivity contribution in [2.45, 2.75) is 98.4 Å². The summed E-state index contributed by atoms with van der Waals surface area (Å²) in [5.41, 5.74) is 0.958. The number of carbonyl (C=O) groups excluding carboxylic acids is 4. The maximum Gasteiger partial charge on any atom is 0.408 e. The number of esters is 1. The highest BCUT2D eigenvalue weighted by molar-refractivity contribution is 7.80. The summed E-state index contributed by atoms with van der Waals surface area (Å²) >= 11 is 4.33. The average Bonchev–Trinajstić information content (AvgIpc) is 2.78. The molecule has 0 fully saturated rings. The van der Waals surface area contributed by atoms with Crippen LogP contribution >= 0.6 is 12.6 Å². The molecule has 10 heteroatoms. The van der Waals surface area contributed by atoms with Crippen LogP contribution in [0.4, 0.5) is 4.79 Å². The van der Waals surface area contributed by atoms with Gasteiger partial charge in [-0.3, -0.25) is 14.4 Å². The van der Waals surface area contributed by atoms with Crippen molar-refractivity contribution in [2.75, 3.05) is 18.9 Å². The zero-order valence-corrected chi connectivity index (χ0v) is 25.2. The van der Waals surface area contributed by atoms with Crippen molar-refractivity contribution < 1.29 is 28.7 Å². The van der Waals surface area contributed by atoms with Crippen molar-refractivity contribution in [2.24, 2.45) is 0 Å². The first-order valence-electron chi connectivity index (χ1n) is 13.0. The van der Waals surface area contributed by atoms with Gasteiger partial charge in [0.1, 0.15) is 17.7 Å². The Morgan fingerprint density at radius 2 is 1.58 bits per heavy atom. The van der Waals surface area contributed by atoms with Crippen LogP contribution in [0.5, 0.6) is 0 Å². The van der Waals surface area contributed by atoms with E-state index in [-0.39, 0.29) is 25.3 Å². The fourth-order valence-corrected chi connectivity index (χ4v) is 4.20. The highest BCUT2D eigenvalue weighted by atomic mass is 32.1. The molecule has 214 valence electrons. The maximum absolute atomic E-state index is 14.1. The molecule has 0 aliphatic heterocycles. The van der Waals surface area contributed by atoms with Gasteiger partial charge in [-0.2, -0.15) is 12.6 Å². The van der Waals surface area contributed by atoms with Gasteiger partial charge in [0.15, 0.2) is 0 Å². The largest absolute Gasteiger partial charge is 0.466 e. The summed E-state index contributed by atoms with van der Waals surface area (Å²) in [5.74, 6) is -1.33. The summed E-state index contributed by atoms with van der Waals surface area (Å²) in [5, 5.41) is 5.42. The topological polar surface area (TPSA) is 114 Å². The van der Waals surface area contributed by atoms with Crippen LogP contribution in [0.3, 0.4) is 0 Å². The van der Waals surface area contributed by atoms with Crippen LogP contribution in [-0.4, -0.2) is 64.9 Å². The first-order chi connectivity index (χ1) is 17.6. The molecule has 0 aromatic heterocycles. The van der Waals surface area contributed by atoms with Gasteiger partial charge in [0, 0.05) is 17.8 Å². The molecule has 0 heterocycles. The van der Waals surface area contributed by atoms with Crippen molar-refractivity contribution in [3.05, 3.63) is 34.9 Å². The van der Waals surface area contributed by atoms with Gasteiger partial charge in [0.25, 0.3) is 0 Å². The number of hydrogen-bond acceptors (Lipinski definition) is 7. The predicted octanol–water partition coefficient (Wildman–Crippen LogP) is 4.25. The van der Waals surface area contributed by atoms with E-state index in [1.807, 2.05) is 52.8 Å². The average molecular weight is 552 g/mol. The molecular weight excluding hydrogens is 506 g/mol. The van der Waals surface area contributed by atoms with Crippen molar-refractivity contribution in [1.82, 2.24) is 15.5 Å². The van der Waals surface area contributed by atoms with Gasteiger partial charge in [-0.15, -0.1) is 0 Å². The molecule has 0 aliphatic carbocycles. The van der Waals surface area contributed by atoms with Crippen LogP contribution in [0.1, 0.15) is 84.0 Å². The second-order valence-electron chi connectivity index (χ2n) is 10.9. The smallest absolute Gasteiger partial charge is 0.408 e. The van der Waals surface area contributed by atoms with Crippen molar-refractivity contribution in [1.29, 1.82) is 0 Å². The molecule has 0 saturated heterocycles. The molecule has 2 unspecified atom stereocenters. The van der Waals surface area contributed by atoms with E-state index >= 15 is 0 Å². The Labute approximate surface area is 232 Å².